The van der Waals surface area contributed by atoms with Gasteiger partial charge in [-0.05, 0) is 6.42 Å². The normalized spacial score (nSPS) is 13.4. The molecule has 0 aliphatic rings. The summed E-state index contributed by atoms with van der Waals surface area (Å²) in [6, 6.07) is 0. The van der Waals surface area contributed by atoms with Crippen molar-refractivity contribution in [1.29, 1.82) is 0 Å². The topological polar surface area (TPSA) is 66.4 Å². The molecule has 0 spiro atoms. The first kappa shape index (κ1) is 30.0. The van der Waals surface area contributed by atoms with Crippen molar-refractivity contribution >= 4 is 10.1 Å². The maximum Gasteiger partial charge on any atom is 0.438 e. The van der Waals surface area contributed by atoms with Gasteiger partial charge in [0.2, 0.25) is 0 Å². The Bertz CT molecular complexity index is 601. The third-order valence-electron chi connectivity index (χ3n) is 3.46. The summed E-state index contributed by atoms with van der Waals surface area (Å²) in [6.45, 7) is 10.5. The van der Waals surface area contributed by atoms with Crippen LogP contribution in [-0.4, -0.2) is 49.1 Å². The number of hydrogen-bond donors (Lipinski definition) is 2. The van der Waals surface area contributed by atoms with Crippen LogP contribution >= 0.6 is 0 Å². The van der Waals surface area contributed by atoms with Gasteiger partial charge in [0.25, 0.3) is 0 Å². The lowest BCUT2D eigenvalue weighted by Gasteiger charge is -2.35. The molecule has 0 saturated heterocycles. The second-order valence-electron chi connectivity index (χ2n) is 5.89. The highest BCUT2D eigenvalue weighted by Gasteiger charge is 2.84. The van der Waals surface area contributed by atoms with Crippen LogP contribution in [0.5, 0.6) is 0 Å². The Kier molecular flexibility index (Phi) is 12.2. The van der Waals surface area contributed by atoms with Gasteiger partial charge in [0.15, 0.2) is 0 Å². The third kappa shape index (κ3) is 7.85. The molecule has 174 valence electrons. The van der Waals surface area contributed by atoms with E-state index in [9.17, 15) is 43.5 Å². The average molecular weight is 463 g/mol. The maximum absolute atomic E-state index is 13.2. The minimum atomic E-state index is -7.03. The summed E-state index contributed by atoms with van der Waals surface area (Å²) in [7, 11) is -7.03. The Hall–Kier alpha value is -1.21. The van der Waals surface area contributed by atoms with Crippen LogP contribution in [0, 0.1) is 0 Å². The summed E-state index contributed by atoms with van der Waals surface area (Å²) >= 11 is 0. The molecule has 0 fully saturated rings. The zero-order chi connectivity index (χ0) is 23.6. The number of halogens is 8. The minimum absolute atomic E-state index is 0.0254. The lowest BCUT2D eigenvalue weighted by atomic mass is 9.98. The number of unbranched alkanes of at least 4 members (excludes halogenated alkanes) is 3. The predicted molar refractivity (Wildman–Crippen MR) is 93.4 cm³/mol. The quantitative estimate of drug-likeness (QED) is 0.169. The molecular formula is C16H25F8NO3S. The standard InChI is InChI=1S/C10H14F8O3S.C6H11N/c1-2-3-4-5-6-7(11,12)8(13,14)9(15,16)10(17,18)22(19,20)21;1-3-5-7-6-4-2/h2-6H2,1H3,(H,19,20,21);3-4,7H,1-2,5-6H2. The van der Waals surface area contributed by atoms with E-state index >= 15 is 0 Å². The third-order valence-corrected chi connectivity index (χ3v) is 4.37. The molecule has 29 heavy (non-hydrogen) atoms. The van der Waals surface area contributed by atoms with E-state index in [1.807, 2.05) is 12.2 Å². The molecule has 0 aliphatic heterocycles. The van der Waals surface area contributed by atoms with Crippen molar-refractivity contribution in [2.75, 3.05) is 13.1 Å². The fraction of sp³-hybridized carbons (Fsp3) is 0.750. The summed E-state index contributed by atoms with van der Waals surface area (Å²) in [6.07, 6.45) is 1.98. The monoisotopic (exact) mass is 463 g/mol. The van der Waals surface area contributed by atoms with Crippen molar-refractivity contribution in [3.63, 3.8) is 0 Å². The van der Waals surface area contributed by atoms with Crippen LogP contribution in [0.4, 0.5) is 35.1 Å². The van der Waals surface area contributed by atoms with Gasteiger partial charge < -0.3 is 5.32 Å². The Labute approximate surface area is 164 Å². The van der Waals surface area contributed by atoms with Crippen LogP contribution in [0.2, 0.25) is 0 Å². The van der Waals surface area contributed by atoms with Gasteiger partial charge >= 0.3 is 33.1 Å². The lowest BCUT2D eigenvalue weighted by Crippen LogP contribution is -2.64. The molecular weight excluding hydrogens is 438 g/mol. The van der Waals surface area contributed by atoms with Crippen molar-refractivity contribution in [2.24, 2.45) is 0 Å². The van der Waals surface area contributed by atoms with Crippen LogP contribution < -0.4 is 5.32 Å². The lowest BCUT2D eigenvalue weighted by molar-refractivity contribution is -0.349. The second kappa shape index (κ2) is 11.8. The van der Waals surface area contributed by atoms with Crippen molar-refractivity contribution in [2.45, 2.75) is 62.0 Å². The molecule has 0 aromatic heterocycles. The van der Waals surface area contributed by atoms with E-state index in [2.05, 4.69) is 18.5 Å². The zero-order valence-corrected chi connectivity index (χ0v) is 16.5. The number of hydrogen-bond acceptors (Lipinski definition) is 3. The van der Waals surface area contributed by atoms with Gasteiger partial charge in [-0.1, -0.05) is 38.3 Å². The fourth-order valence-corrected chi connectivity index (χ4v) is 2.24. The van der Waals surface area contributed by atoms with Crippen molar-refractivity contribution < 1.29 is 48.1 Å². The SMILES string of the molecule is C=CCNCC=C.CCCCCCC(F)(F)C(F)(F)C(F)(F)C(F)(F)S(=O)(=O)O. The summed E-state index contributed by atoms with van der Waals surface area (Å²) < 4.78 is 132. The summed E-state index contributed by atoms with van der Waals surface area (Å²) in [5, 5.41) is -3.72. The Morgan fingerprint density at radius 2 is 1.31 bits per heavy atom. The molecule has 13 heteroatoms. The molecule has 0 heterocycles. The maximum atomic E-state index is 13.2. The van der Waals surface area contributed by atoms with E-state index < -0.39 is 46.0 Å². The Morgan fingerprint density at radius 3 is 1.66 bits per heavy atom. The predicted octanol–water partition coefficient (Wildman–Crippen LogP) is 5.29. The second-order valence-corrected chi connectivity index (χ2v) is 7.35. The zero-order valence-electron chi connectivity index (χ0n) is 15.7. The van der Waals surface area contributed by atoms with Gasteiger partial charge in [-0.3, -0.25) is 4.55 Å². The van der Waals surface area contributed by atoms with Gasteiger partial charge in [0, 0.05) is 19.5 Å². The molecule has 0 radical (unpaired) electrons. The highest BCUT2D eigenvalue weighted by atomic mass is 32.2. The van der Waals surface area contributed by atoms with Gasteiger partial charge in [-0.25, -0.2) is 0 Å². The van der Waals surface area contributed by atoms with E-state index in [1.165, 1.54) is 0 Å². The number of rotatable bonds is 13. The fourth-order valence-electron chi connectivity index (χ4n) is 1.79. The molecule has 0 aliphatic carbocycles. The molecule has 4 nitrogen and oxygen atoms in total. The summed E-state index contributed by atoms with van der Waals surface area (Å²) in [4.78, 5) is 0. The van der Waals surface area contributed by atoms with Gasteiger partial charge in [-0.2, -0.15) is 43.5 Å². The van der Waals surface area contributed by atoms with Crippen LogP contribution in [0.3, 0.4) is 0 Å². The van der Waals surface area contributed by atoms with Crippen LogP contribution in [0.25, 0.3) is 0 Å². The molecule has 0 aromatic rings. The van der Waals surface area contributed by atoms with Gasteiger partial charge in [0.1, 0.15) is 0 Å². The molecule has 0 aromatic carbocycles. The Morgan fingerprint density at radius 1 is 0.862 bits per heavy atom. The van der Waals surface area contributed by atoms with E-state index in [4.69, 9.17) is 4.55 Å². The average Bonchev–Trinajstić information content (AvgIpc) is 2.58. The molecule has 0 bridgehead atoms. The molecule has 0 saturated carbocycles. The van der Waals surface area contributed by atoms with E-state index in [-0.39, 0.29) is 6.42 Å². The highest BCUT2D eigenvalue weighted by Crippen LogP contribution is 2.55. The molecule has 0 atom stereocenters. The van der Waals surface area contributed by atoms with E-state index in [0.717, 1.165) is 13.1 Å². The number of alkyl halides is 8. The van der Waals surface area contributed by atoms with Crippen molar-refractivity contribution in [3.8, 4) is 0 Å². The van der Waals surface area contributed by atoms with Crippen molar-refractivity contribution in [3.05, 3.63) is 25.3 Å². The Balaban J connectivity index is 0. The molecule has 0 unspecified atom stereocenters. The molecule has 0 amide bonds. The van der Waals surface area contributed by atoms with Crippen LogP contribution in [0.1, 0.15) is 39.0 Å². The summed E-state index contributed by atoms with van der Waals surface area (Å²) in [5.74, 6) is -19.3. The van der Waals surface area contributed by atoms with E-state index in [1.54, 1.807) is 6.92 Å². The smallest absolute Gasteiger partial charge is 0.310 e. The highest BCUT2D eigenvalue weighted by molar-refractivity contribution is 7.87. The summed E-state index contributed by atoms with van der Waals surface area (Å²) in [5.41, 5.74) is 0. The first-order valence-corrected chi connectivity index (χ1v) is 9.82. The first-order chi connectivity index (χ1) is 13.0. The van der Waals surface area contributed by atoms with Crippen LogP contribution in [0.15, 0.2) is 25.3 Å². The number of nitrogens with one attached hydrogen (secondary N) is 1. The van der Waals surface area contributed by atoms with Crippen molar-refractivity contribution in [1.82, 2.24) is 5.32 Å². The largest absolute Gasteiger partial charge is 0.438 e. The minimum Gasteiger partial charge on any atom is -0.310 e. The molecule has 0 rings (SSSR count). The molecule has 2 N–H and O–H groups in total. The van der Waals surface area contributed by atoms with Gasteiger partial charge in [0.05, 0.1) is 0 Å². The first-order valence-electron chi connectivity index (χ1n) is 8.38. The van der Waals surface area contributed by atoms with Gasteiger partial charge in [-0.15, -0.1) is 13.2 Å². The van der Waals surface area contributed by atoms with E-state index in [0.29, 0.717) is 12.8 Å². The van der Waals surface area contributed by atoms with Crippen LogP contribution in [-0.2, 0) is 10.1 Å².